The molecule has 0 spiro atoms. The summed E-state index contributed by atoms with van der Waals surface area (Å²) in [4.78, 5) is 18.7. The number of hydrogen-bond donors (Lipinski definition) is 2. The fourth-order valence-corrected chi connectivity index (χ4v) is 4.51. The van der Waals surface area contributed by atoms with Gasteiger partial charge in [-0.3, -0.25) is 4.79 Å². The Balaban J connectivity index is 1.36. The summed E-state index contributed by atoms with van der Waals surface area (Å²) in [6.45, 7) is 2.91. The summed E-state index contributed by atoms with van der Waals surface area (Å²) in [5.74, 6) is 2.26. The summed E-state index contributed by atoms with van der Waals surface area (Å²) in [6.07, 6.45) is 4.40. The van der Waals surface area contributed by atoms with Crippen molar-refractivity contribution in [2.24, 2.45) is 4.99 Å². The number of nitrogens with zero attached hydrogens (tertiary/aromatic N) is 1. The average Bonchev–Trinajstić information content (AvgIpc) is 3.57. The van der Waals surface area contributed by atoms with Gasteiger partial charge in [0.15, 0.2) is 17.0 Å². The molecule has 0 saturated heterocycles. The van der Waals surface area contributed by atoms with E-state index in [9.17, 15) is 4.79 Å². The van der Waals surface area contributed by atoms with Gasteiger partial charge in [0.05, 0.1) is 6.61 Å². The maximum atomic E-state index is 13.8. The van der Waals surface area contributed by atoms with Crippen LogP contribution >= 0.6 is 0 Å². The molecule has 0 aliphatic carbocycles. The zero-order valence-electron chi connectivity index (χ0n) is 21.8. The van der Waals surface area contributed by atoms with Crippen LogP contribution in [0.3, 0.4) is 0 Å². The molecule has 0 aromatic heterocycles. The van der Waals surface area contributed by atoms with E-state index in [0.717, 1.165) is 16.7 Å². The van der Waals surface area contributed by atoms with Crippen molar-refractivity contribution in [2.45, 2.75) is 38.0 Å². The Labute approximate surface area is 227 Å². The molecule has 5 rings (SSSR count). The second-order valence-corrected chi connectivity index (χ2v) is 9.44. The lowest BCUT2D eigenvalue weighted by Gasteiger charge is -2.27. The third-order valence-electron chi connectivity index (χ3n) is 6.76. The second kappa shape index (κ2) is 12.0. The van der Waals surface area contributed by atoms with Gasteiger partial charge in [-0.2, -0.15) is 0 Å². The van der Waals surface area contributed by atoms with Crippen molar-refractivity contribution < 1.29 is 28.8 Å². The van der Waals surface area contributed by atoms with E-state index in [1.54, 1.807) is 0 Å². The molecule has 2 heterocycles. The van der Waals surface area contributed by atoms with Gasteiger partial charge in [0, 0.05) is 31.6 Å². The molecule has 0 bridgehead atoms. The van der Waals surface area contributed by atoms with Crippen molar-refractivity contribution in [1.82, 2.24) is 5.32 Å². The smallest absolute Gasteiger partial charge is 0.252 e. The number of benzene rings is 3. The fraction of sp³-hybridized carbons (Fsp3) is 0.290. The first-order valence-electron chi connectivity index (χ1n) is 13.1. The van der Waals surface area contributed by atoms with E-state index < -0.39 is 11.6 Å². The standard InChI is InChI=1S/C31H32N2O6/c1-22-31(16-5-9-23-7-3-2-4-8-23,30(35)32-20-24-10-15-27-28(19-24)38-21-37-27)33-29(39-22)25-11-13-26(14-12-25)36-18-6-17-34/h2-5,7-15,19,22,34H,6,16-18,20-21H2,1H3,(H,32,35)/b9-5+/t22-,31-/m1/s1. The van der Waals surface area contributed by atoms with Gasteiger partial charge in [-0.1, -0.05) is 48.6 Å². The molecule has 3 aromatic rings. The SMILES string of the molecule is C[C@H]1OC(c2ccc(OCCCO)cc2)=N[C@@]1(C/C=C/c1ccccc1)C(=O)NCc1ccc2c(c1)OCO2. The van der Waals surface area contributed by atoms with Gasteiger partial charge < -0.3 is 29.4 Å². The topological polar surface area (TPSA) is 98.6 Å². The van der Waals surface area contributed by atoms with Crippen LogP contribution in [0.1, 0.15) is 36.5 Å². The van der Waals surface area contributed by atoms with E-state index in [1.165, 1.54) is 0 Å². The summed E-state index contributed by atoms with van der Waals surface area (Å²) < 4.78 is 22.7. The maximum absolute atomic E-state index is 13.8. The lowest BCUT2D eigenvalue weighted by atomic mass is 9.88. The molecule has 2 atom stereocenters. The van der Waals surface area contributed by atoms with E-state index in [2.05, 4.69) is 5.32 Å². The first-order chi connectivity index (χ1) is 19.1. The minimum Gasteiger partial charge on any atom is -0.494 e. The van der Waals surface area contributed by atoms with Crippen molar-refractivity contribution in [1.29, 1.82) is 0 Å². The normalized spacial score (nSPS) is 19.5. The number of aliphatic hydroxyl groups is 1. The van der Waals surface area contributed by atoms with Gasteiger partial charge in [0.2, 0.25) is 12.7 Å². The average molecular weight is 529 g/mol. The van der Waals surface area contributed by atoms with E-state index in [0.29, 0.717) is 49.1 Å². The quantitative estimate of drug-likeness (QED) is 0.356. The highest BCUT2D eigenvalue weighted by Crippen LogP contribution is 2.34. The van der Waals surface area contributed by atoms with Gasteiger partial charge in [-0.25, -0.2) is 4.99 Å². The monoisotopic (exact) mass is 528 g/mol. The van der Waals surface area contributed by atoms with Gasteiger partial charge in [0.25, 0.3) is 5.91 Å². The van der Waals surface area contributed by atoms with Crippen LogP contribution < -0.4 is 19.5 Å². The largest absolute Gasteiger partial charge is 0.494 e. The molecule has 1 amide bonds. The fourth-order valence-electron chi connectivity index (χ4n) is 4.51. The Kier molecular flexibility index (Phi) is 8.13. The lowest BCUT2D eigenvalue weighted by Crippen LogP contribution is -2.50. The van der Waals surface area contributed by atoms with Crippen molar-refractivity contribution in [3.63, 3.8) is 0 Å². The molecular formula is C31H32N2O6. The molecule has 39 heavy (non-hydrogen) atoms. The highest BCUT2D eigenvalue weighted by atomic mass is 16.7. The molecule has 202 valence electrons. The Bertz CT molecular complexity index is 1340. The Morgan fingerprint density at radius 1 is 1.10 bits per heavy atom. The molecule has 3 aromatic carbocycles. The summed E-state index contributed by atoms with van der Waals surface area (Å²) in [5, 5.41) is 12.0. The molecule has 0 unspecified atom stereocenters. The van der Waals surface area contributed by atoms with Crippen LogP contribution in [-0.2, 0) is 16.1 Å². The number of hydrogen-bond acceptors (Lipinski definition) is 7. The van der Waals surface area contributed by atoms with E-state index in [1.807, 2.05) is 91.9 Å². The Morgan fingerprint density at radius 2 is 1.90 bits per heavy atom. The van der Waals surface area contributed by atoms with Crippen LogP contribution in [0, 0.1) is 0 Å². The van der Waals surface area contributed by atoms with Crippen molar-refractivity contribution in [3.05, 3.63) is 95.6 Å². The van der Waals surface area contributed by atoms with E-state index in [-0.39, 0.29) is 19.3 Å². The van der Waals surface area contributed by atoms with Crippen LogP contribution in [0.5, 0.6) is 17.2 Å². The zero-order chi connectivity index (χ0) is 27.1. The van der Waals surface area contributed by atoms with E-state index >= 15 is 0 Å². The number of aliphatic imine (C=N–C) groups is 1. The second-order valence-electron chi connectivity index (χ2n) is 9.44. The van der Waals surface area contributed by atoms with Crippen molar-refractivity contribution >= 4 is 17.9 Å². The highest BCUT2D eigenvalue weighted by Gasteiger charge is 2.49. The van der Waals surface area contributed by atoms with E-state index in [4.69, 9.17) is 29.0 Å². The number of nitrogens with one attached hydrogen (secondary N) is 1. The summed E-state index contributed by atoms with van der Waals surface area (Å²) >= 11 is 0. The first-order valence-corrected chi connectivity index (χ1v) is 13.1. The number of carbonyl (C=O) groups is 1. The number of fused-ring (bicyclic) bond motifs is 1. The van der Waals surface area contributed by atoms with Crippen molar-refractivity contribution in [3.8, 4) is 17.2 Å². The molecule has 2 N–H and O–H groups in total. The third-order valence-corrected chi connectivity index (χ3v) is 6.76. The van der Waals surface area contributed by atoms with Crippen LogP contribution in [0.25, 0.3) is 6.08 Å². The minimum atomic E-state index is -1.15. The van der Waals surface area contributed by atoms with Gasteiger partial charge in [-0.05, 0) is 54.4 Å². The number of rotatable bonds is 11. The third kappa shape index (κ3) is 6.07. The Hall–Kier alpha value is -4.30. The Morgan fingerprint density at radius 3 is 2.69 bits per heavy atom. The number of aliphatic hydroxyl groups excluding tert-OH is 1. The molecule has 0 radical (unpaired) electrons. The maximum Gasteiger partial charge on any atom is 0.252 e. The minimum absolute atomic E-state index is 0.0815. The lowest BCUT2D eigenvalue weighted by molar-refractivity contribution is -0.128. The predicted molar refractivity (Wildman–Crippen MR) is 148 cm³/mol. The molecule has 0 fully saturated rings. The highest BCUT2D eigenvalue weighted by molar-refractivity contribution is 6.00. The summed E-state index contributed by atoms with van der Waals surface area (Å²) in [6, 6.07) is 22.9. The first kappa shape index (κ1) is 26.3. The number of ether oxygens (including phenoxy) is 4. The number of carbonyl (C=O) groups excluding carboxylic acids is 1. The summed E-state index contributed by atoms with van der Waals surface area (Å²) in [5.41, 5.74) is 1.55. The molecular weight excluding hydrogens is 496 g/mol. The van der Waals surface area contributed by atoms with Crippen LogP contribution in [-0.4, -0.2) is 48.6 Å². The number of amides is 1. The van der Waals surface area contributed by atoms with Gasteiger partial charge in [-0.15, -0.1) is 0 Å². The molecule has 2 aliphatic rings. The van der Waals surface area contributed by atoms with Crippen LogP contribution in [0.15, 0.2) is 83.9 Å². The van der Waals surface area contributed by atoms with Gasteiger partial charge in [0.1, 0.15) is 11.9 Å². The van der Waals surface area contributed by atoms with Crippen molar-refractivity contribution in [2.75, 3.05) is 20.0 Å². The molecule has 8 nitrogen and oxygen atoms in total. The summed E-state index contributed by atoms with van der Waals surface area (Å²) in [7, 11) is 0. The van der Waals surface area contributed by atoms with Crippen LogP contribution in [0.2, 0.25) is 0 Å². The zero-order valence-corrected chi connectivity index (χ0v) is 21.8. The predicted octanol–water partition coefficient (Wildman–Crippen LogP) is 4.50. The van der Waals surface area contributed by atoms with Gasteiger partial charge >= 0.3 is 0 Å². The molecule has 8 heteroatoms. The van der Waals surface area contributed by atoms with Crippen LogP contribution in [0.4, 0.5) is 0 Å². The molecule has 2 aliphatic heterocycles. The molecule has 0 saturated carbocycles.